The second-order valence-electron chi connectivity index (χ2n) is 7.20. The molecule has 0 saturated carbocycles. The Labute approximate surface area is 197 Å². The molecular formula is C19H29I2N3O6-2. The molecule has 9 nitrogen and oxygen atoms in total. The number of rotatable bonds is 17. The van der Waals surface area contributed by atoms with Crippen LogP contribution in [0.4, 0.5) is 0 Å². The zero-order valence-corrected chi connectivity index (χ0v) is 21.4. The molecule has 30 heavy (non-hydrogen) atoms. The van der Waals surface area contributed by atoms with Gasteiger partial charge in [0.1, 0.15) is 0 Å². The van der Waals surface area contributed by atoms with E-state index >= 15 is 0 Å². The standard InChI is InChI=1S/C19H29I2N3O6/c1-2-20-12-21-8-15(7-16-11-29-16)30-19-23-17(25-5-3-13-9-27-13)22-18(24-19)26-6-4-14-10-28-14/h13-16H,2-12H2,1H3/q-2. The molecule has 3 aliphatic heterocycles. The van der Waals surface area contributed by atoms with E-state index in [0.29, 0.717) is 52.7 Å². The van der Waals surface area contributed by atoms with Crippen LogP contribution in [0.5, 0.6) is 18.0 Å². The molecule has 4 heterocycles. The van der Waals surface area contributed by atoms with Crippen LogP contribution in [-0.2, 0) is 14.2 Å². The summed E-state index contributed by atoms with van der Waals surface area (Å²) in [5.41, 5.74) is 0. The Balaban J connectivity index is 1.35. The molecule has 1 aromatic heterocycles. The molecule has 0 radical (unpaired) electrons. The van der Waals surface area contributed by atoms with Crippen LogP contribution in [0, 0.1) is 0 Å². The molecule has 0 bridgehead atoms. The number of alkyl halides is 4. The van der Waals surface area contributed by atoms with Crippen molar-refractivity contribution in [1.29, 1.82) is 0 Å². The molecule has 0 spiro atoms. The SMILES string of the molecule is CC[I-]C[I-]CC(CC1CO1)Oc1nc(OCCC2CO2)nc(OCCC2CO2)n1. The molecule has 0 N–H and O–H groups in total. The fraction of sp³-hybridized carbons (Fsp3) is 0.842. The Kier molecular flexibility index (Phi) is 9.26. The van der Waals surface area contributed by atoms with E-state index in [9.17, 15) is 0 Å². The predicted molar refractivity (Wildman–Crippen MR) is 98.6 cm³/mol. The second-order valence-corrected chi connectivity index (χ2v) is 16.2. The van der Waals surface area contributed by atoms with Gasteiger partial charge in [-0.2, -0.15) is 0 Å². The van der Waals surface area contributed by atoms with Gasteiger partial charge >= 0.3 is 199 Å². The van der Waals surface area contributed by atoms with Crippen LogP contribution in [-0.4, -0.2) is 83.7 Å². The van der Waals surface area contributed by atoms with Crippen molar-refractivity contribution in [2.45, 2.75) is 50.6 Å². The van der Waals surface area contributed by atoms with Crippen LogP contribution in [0.15, 0.2) is 0 Å². The van der Waals surface area contributed by atoms with Crippen molar-refractivity contribution < 1.29 is 70.8 Å². The van der Waals surface area contributed by atoms with E-state index in [1.165, 1.54) is 6.86 Å². The summed E-state index contributed by atoms with van der Waals surface area (Å²) >= 11 is 0.510. The summed E-state index contributed by atoms with van der Waals surface area (Å²) in [6.45, 7) is 5.71. The molecule has 1 aromatic rings. The summed E-state index contributed by atoms with van der Waals surface area (Å²) in [4.78, 5) is 13.1. The van der Waals surface area contributed by atoms with Crippen molar-refractivity contribution in [2.75, 3.05) is 44.3 Å². The molecule has 0 amide bonds. The third-order valence-corrected chi connectivity index (χ3v) is 13.5. The van der Waals surface area contributed by atoms with Crippen molar-refractivity contribution in [3.05, 3.63) is 0 Å². The van der Waals surface area contributed by atoms with Gasteiger partial charge < -0.3 is 0 Å². The van der Waals surface area contributed by atoms with Crippen LogP contribution in [0.1, 0.15) is 26.2 Å². The Hall–Kier alpha value is -0.250. The van der Waals surface area contributed by atoms with E-state index in [-0.39, 0.29) is 45.3 Å². The molecule has 4 unspecified atom stereocenters. The quantitative estimate of drug-likeness (QED) is 0.0711. The predicted octanol–water partition coefficient (Wildman–Crippen LogP) is -5.10. The maximum atomic E-state index is 6.19. The third kappa shape index (κ3) is 9.09. The van der Waals surface area contributed by atoms with Crippen molar-refractivity contribution in [3.8, 4) is 18.0 Å². The summed E-state index contributed by atoms with van der Waals surface area (Å²) in [6, 6.07) is 0.762. The van der Waals surface area contributed by atoms with Gasteiger partial charge in [-0.3, -0.25) is 0 Å². The fourth-order valence-corrected chi connectivity index (χ4v) is 11.0. The topological polar surface area (TPSA) is 104 Å². The molecule has 3 fully saturated rings. The first-order valence-corrected chi connectivity index (χ1v) is 16.5. The van der Waals surface area contributed by atoms with Gasteiger partial charge in [0, 0.05) is 0 Å². The van der Waals surface area contributed by atoms with Gasteiger partial charge in [0.05, 0.1) is 0 Å². The molecule has 4 atom stereocenters. The number of epoxide rings is 3. The van der Waals surface area contributed by atoms with Gasteiger partial charge in [-0.15, -0.1) is 0 Å². The average Bonchev–Trinajstić information content (AvgIpc) is 3.57. The number of hydrogen-bond donors (Lipinski definition) is 0. The van der Waals surface area contributed by atoms with Crippen LogP contribution < -0.4 is 56.6 Å². The molecule has 11 heteroatoms. The van der Waals surface area contributed by atoms with E-state index in [0.717, 1.165) is 43.5 Å². The third-order valence-electron chi connectivity index (χ3n) is 4.53. The molecular weight excluding hydrogens is 620 g/mol. The molecule has 172 valence electrons. The van der Waals surface area contributed by atoms with Gasteiger partial charge in [0.25, 0.3) is 0 Å². The minimum atomic E-state index is 0.0778. The first-order valence-electron chi connectivity index (χ1n) is 10.4. The molecule has 4 rings (SSSR count). The van der Waals surface area contributed by atoms with Gasteiger partial charge in [0.2, 0.25) is 0 Å². The van der Waals surface area contributed by atoms with Gasteiger partial charge in [-0.1, -0.05) is 0 Å². The van der Waals surface area contributed by atoms with Gasteiger partial charge in [-0.25, -0.2) is 0 Å². The van der Waals surface area contributed by atoms with E-state index < -0.39 is 0 Å². The summed E-state index contributed by atoms with van der Waals surface area (Å²) in [7, 11) is 0. The van der Waals surface area contributed by atoms with E-state index in [1.54, 1.807) is 0 Å². The fourth-order valence-electron chi connectivity index (χ4n) is 2.61. The first-order chi connectivity index (χ1) is 14.8. The van der Waals surface area contributed by atoms with Crippen molar-refractivity contribution in [1.82, 2.24) is 15.0 Å². The summed E-state index contributed by atoms with van der Waals surface area (Å²) in [5, 5.41) is 0. The molecule has 3 aliphatic rings. The van der Waals surface area contributed by atoms with E-state index in [2.05, 4.69) is 21.9 Å². The number of halogens is 2. The summed E-state index contributed by atoms with van der Waals surface area (Å²) in [5.74, 6) is 0. The summed E-state index contributed by atoms with van der Waals surface area (Å²) in [6.07, 6.45) is 3.52. The average molecular weight is 649 g/mol. The van der Waals surface area contributed by atoms with Crippen molar-refractivity contribution >= 4 is 0 Å². The molecule has 0 aromatic carbocycles. The Morgan fingerprint density at radius 3 is 1.97 bits per heavy atom. The number of nitrogens with zero attached hydrogens (tertiary/aromatic N) is 3. The number of hydrogen-bond acceptors (Lipinski definition) is 9. The van der Waals surface area contributed by atoms with Crippen LogP contribution in [0.3, 0.4) is 0 Å². The van der Waals surface area contributed by atoms with Gasteiger partial charge in [0.15, 0.2) is 0 Å². The normalized spacial score (nSPS) is 25.2. The number of aromatic nitrogens is 3. The Bertz CT molecular complexity index is 625. The monoisotopic (exact) mass is 649 g/mol. The van der Waals surface area contributed by atoms with Crippen LogP contribution in [0.2, 0.25) is 0 Å². The minimum absolute atomic E-state index is 0.0778. The van der Waals surface area contributed by atoms with Crippen molar-refractivity contribution in [3.63, 3.8) is 0 Å². The van der Waals surface area contributed by atoms with E-state index in [4.69, 9.17) is 28.4 Å². The Morgan fingerprint density at radius 2 is 1.43 bits per heavy atom. The Morgan fingerprint density at radius 1 is 0.867 bits per heavy atom. The number of ether oxygens (including phenoxy) is 6. The van der Waals surface area contributed by atoms with Crippen LogP contribution >= 0.6 is 0 Å². The maximum absolute atomic E-state index is 6.19. The van der Waals surface area contributed by atoms with Gasteiger partial charge in [-0.05, 0) is 0 Å². The van der Waals surface area contributed by atoms with E-state index in [1.807, 2.05) is 0 Å². The zero-order chi connectivity index (χ0) is 20.6. The second kappa shape index (κ2) is 12.1. The van der Waals surface area contributed by atoms with Crippen molar-refractivity contribution in [2.24, 2.45) is 0 Å². The first kappa shape index (κ1) is 22.9. The summed E-state index contributed by atoms with van der Waals surface area (Å²) < 4.78 is 37.4. The van der Waals surface area contributed by atoms with Crippen LogP contribution in [0.25, 0.3) is 0 Å². The zero-order valence-electron chi connectivity index (χ0n) is 17.1. The molecule has 0 aliphatic carbocycles. The molecule has 3 saturated heterocycles.